The number of sulfonamides is 1. The topological polar surface area (TPSA) is 89.8 Å². The molecule has 3 aromatic rings. The van der Waals surface area contributed by atoms with Gasteiger partial charge in [0.15, 0.2) is 5.82 Å². The molecule has 0 aliphatic heterocycles. The van der Waals surface area contributed by atoms with Crippen LogP contribution in [0.3, 0.4) is 0 Å². The molecule has 0 amide bonds. The van der Waals surface area contributed by atoms with Crippen molar-refractivity contribution in [1.29, 1.82) is 0 Å². The van der Waals surface area contributed by atoms with Crippen LogP contribution in [0.4, 0.5) is 5.69 Å². The monoisotopic (exact) mass is 329 g/mol. The van der Waals surface area contributed by atoms with Crippen LogP contribution in [-0.2, 0) is 10.0 Å². The van der Waals surface area contributed by atoms with Crippen molar-refractivity contribution in [2.45, 2.75) is 18.7 Å². The summed E-state index contributed by atoms with van der Waals surface area (Å²) < 4.78 is 28.9. The summed E-state index contributed by atoms with van der Waals surface area (Å²) in [4.78, 5) is 0.215. The third kappa shape index (κ3) is 3.21. The number of anilines is 1. The summed E-state index contributed by atoms with van der Waals surface area (Å²) in [5.74, 6) is 0.614. The molecule has 23 heavy (non-hydrogen) atoms. The lowest BCUT2D eigenvalue weighted by atomic mass is 10.2. The number of hydrogen-bond donors (Lipinski definition) is 1. The number of aromatic nitrogens is 4. The van der Waals surface area contributed by atoms with Crippen LogP contribution >= 0.6 is 0 Å². The standard InChI is InChI=1S/C15H15N5O2S/c1-11-6-8-15(9-7-11)23(21,22)17-13-4-3-5-14(10-13)20-12(2)16-18-19-20/h3-10,17H,1-2H3. The summed E-state index contributed by atoms with van der Waals surface area (Å²) in [6, 6.07) is 13.6. The third-order valence-electron chi connectivity index (χ3n) is 3.30. The fourth-order valence-corrected chi connectivity index (χ4v) is 3.15. The van der Waals surface area contributed by atoms with Crippen molar-refractivity contribution < 1.29 is 8.42 Å². The molecule has 0 bridgehead atoms. The zero-order valence-corrected chi connectivity index (χ0v) is 13.4. The Bertz CT molecular complexity index is 933. The number of nitrogens with one attached hydrogen (secondary N) is 1. The molecule has 3 rings (SSSR count). The predicted octanol–water partition coefficient (Wildman–Crippen LogP) is 2.08. The van der Waals surface area contributed by atoms with Gasteiger partial charge in [0.25, 0.3) is 10.0 Å². The normalized spacial score (nSPS) is 11.4. The van der Waals surface area contributed by atoms with Crippen molar-refractivity contribution in [3.63, 3.8) is 0 Å². The molecule has 7 nitrogen and oxygen atoms in total. The number of rotatable bonds is 4. The van der Waals surface area contributed by atoms with Gasteiger partial charge in [0, 0.05) is 0 Å². The summed E-state index contributed by atoms with van der Waals surface area (Å²) >= 11 is 0. The molecule has 0 spiro atoms. The lowest BCUT2D eigenvalue weighted by Gasteiger charge is -2.10. The highest BCUT2D eigenvalue weighted by Gasteiger charge is 2.14. The fourth-order valence-electron chi connectivity index (χ4n) is 2.10. The Balaban J connectivity index is 1.91. The lowest BCUT2D eigenvalue weighted by molar-refractivity contribution is 0.601. The first kappa shape index (κ1) is 15.2. The molecule has 1 heterocycles. The molecule has 0 atom stereocenters. The minimum Gasteiger partial charge on any atom is -0.280 e. The smallest absolute Gasteiger partial charge is 0.261 e. The van der Waals surface area contributed by atoms with Gasteiger partial charge in [0.2, 0.25) is 0 Å². The second-order valence-electron chi connectivity index (χ2n) is 5.11. The number of tetrazole rings is 1. The number of aryl methyl sites for hydroxylation is 2. The molecule has 0 aliphatic rings. The Morgan fingerprint density at radius 3 is 2.43 bits per heavy atom. The van der Waals surface area contributed by atoms with Crippen molar-refractivity contribution in [2.24, 2.45) is 0 Å². The van der Waals surface area contributed by atoms with E-state index in [9.17, 15) is 8.42 Å². The largest absolute Gasteiger partial charge is 0.280 e. The number of benzene rings is 2. The molecule has 0 aliphatic carbocycles. The zero-order chi connectivity index (χ0) is 16.4. The molecular weight excluding hydrogens is 314 g/mol. The van der Waals surface area contributed by atoms with E-state index in [2.05, 4.69) is 20.2 Å². The first-order valence-corrected chi connectivity index (χ1v) is 8.39. The maximum atomic E-state index is 12.4. The van der Waals surface area contributed by atoms with Crippen LogP contribution in [0, 0.1) is 13.8 Å². The summed E-state index contributed by atoms with van der Waals surface area (Å²) in [5, 5.41) is 11.3. The van der Waals surface area contributed by atoms with Gasteiger partial charge in [-0.3, -0.25) is 4.72 Å². The van der Waals surface area contributed by atoms with E-state index in [-0.39, 0.29) is 4.90 Å². The van der Waals surface area contributed by atoms with Crippen molar-refractivity contribution in [1.82, 2.24) is 20.2 Å². The van der Waals surface area contributed by atoms with E-state index in [1.807, 2.05) is 6.92 Å². The van der Waals surface area contributed by atoms with Crippen LogP contribution in [0.2, 0.25) is 0 Å². The number of hydrogen-bond acceptors (Lipinski definition) is 5. The minimum atomic E-state index is -3.64. The highest BCUT2D eigenvalue weighted by atomic mass is 32.2. The molecule has 1 aromatic heterocycles. The molecule has 118 valence electrons. The van der Waals surface area contributed by atoms with Gasteiger partial charge < -0.3 is 0 Å². The second kappa shape index (κ2) is 5.81. The number of nitrogens with zero attached hydrogens (tertiary/aromatic N) is 4. The van der Waals surface area contributed by atoms with Gasteiger partial charge in [0.1, 0.15) is 0 Å². The molecular formula is C15H15N5O2S. The van der Waals surface area contributed by atoms with E-state index >= 15 is 0 Å². The van der Waals surface area contributed by atoms with Gasteiger partial charge in [-0.15, -0.1) is 5.10 Å². The van der Waals surface area contributed by atoms with Crippen LogP contribution in [0.1, 0.15) is 11.4 Å². The molecule has 0 saturated carbocycles. The van der Waals surface area contributed by atoms with E-state index < -0.39 is 10.0 Å². The molecule has 2 aromatic carbocycles. The van der Waals surface area contributed by atoms with Crippen molar-refractivity contribution in [3.05, 3.63) is 59.9 Å². The van der Waals surface area contributed by atoms with E-state index in [1.165, 1.54) is 4.68 Å². The first-order valence-electron chi connectivity index (χ1n) is 6.91. The van der Waals surface area contributed by atoms with Crippen LogP contribution in [-0.4, -0.2) is 28.6 Å². The molecule has 0 fully saturated rings. The molecule has 0 unspecified atom stereocenters. The van der Waals surface area contributed by atoms with Crippen LogP contribution in [0.25, 0.3) is 5.69 Å². The average Bonchev–Trinajstić information content (AvgIpc) is 2.94. The molecule has 1 N–H and O–H groups in total. The Kier molecular flexibility index (Phi) is 3.83. The Morgan fingerprint density at radius 1 is 1.04 bits per heavy atom. The summed E-state index contributed by atoms with van der Waals surface area (Å²) in [6.07, 6.45) is 0. The van der Waals surface area contributed by atoms with E-state index in [4.69, 9.17) is 0 Å². The first-order chi connectivity index (χ1) is 11.0. The predicted molar refractivity (Wildman–Crippen MR) is 85.9 cm³/mol. The summed E-state index contributed by atoms with van der Waals surface area (Å²) in [6.45, 7) is 3.67. The lowest BCUT2D eigenvalue weighted by Crippen LogP contribution is -2.13. The molecule has 0 saturated heterocycles. The maximum Gasteiger partial charge on any atom is 0.261 e. The van der Waals surface area contributed by atoms with Crippen molar-refractivity contribution in [3.8, 4) is 5.69 Å². The van der Waals surface area contributed by atoms with Crippen LogP contribution in [0.15, 0.2) is 53.4 Å². The zero-order valence-electron chi connectivity index (χ0n) is 12.6. The van der Waals surface area contributed by atoms with E-state index in [0.29, 0.717) is 17.2 Å². The quantitative estimate of drug-likeness (QED) is 0.791. The Morgan fingerprint density at radius 2 is 1.78 bits per heavy atom. The van der Waals surface area contributed by atoms with Gasteiger partial charge >= 0.3 is 0 Å². The Hall–Kier alpha value is -2.74. The highest BCUT2D eigenvalue weighted by molar-refractivity contribution is 7.92. The van der Waals surface area contributed by atoms with Gasteiger partial charge in [-0.05, 0) is 54.6 Å². The Labute approximate surface area is 134 Å². The van der Waals surface area contributed by atoms with Crippen molar-refractivity contribution >= 4 is 15.7 Å². The maximum absolute atomic E-state index is 12.4. The average molecular weight is 329 g/mol. The van der Waals surface area contributed by atoms with Gasteiger partial charge in [-0.2, -0.15) is 4.68 Å². The van der Waals surface area contributed by atoms with Gasteiger partial charge in [-0.25, -0.2) is 8.42 Å². The minimum absolute atomic E-state index is 0.215. The molecule has 8 heteroatoms. The summed E-state index contributed by atoms with van der Waals surface area (Å²) in [5.41, 5.74) is 2.12. The van der Waals surface area contributed by atoms with Gasteiger partial charge in [0.05, 0.1) is 16.3 Å². The van der Waals surface area contributed by atoms with E-state index in [1.54, 1.807) is 55.5 Å². The third-order valence-corrected chi connectivity index (χ3v) is 4.70. The van der Waals surface area contributed by atoms with Crippen LogP contribution < -0.4 is 4.72 Å². The highest BCUT2D eigenvalue weighted by Crippen LogP contribution is 2.19. The van der Waals surface area contributed by atoms with Crippen molar-refractivity contribution in [2.75, 3.05) is 4.72 Å². The summed E-state index contributed by atoms with van der Waals surface area (Å²) in [7, 11) is -3.64. The fraction of sp³-hybridized carbons (Fsp3) is 0.133. The second-order valence-corrected chi connectivity index (χ2v) is 6.79. The van der Waals surface area contributed by atoms with Gasteiger partial charge in [-0.1, -0.05) is 23.8 Å². The van der Waals surface area contributed by atoms with Crippen LogP contribution in [0.5, 0.6) is 0 Å². The SMILES string of the molecule is Cc1ccc(S(=O)(=O)Nc2cccc(-n3nnnc3C)c2)cc1. The van der Waals surface area contributed by atoms with E-state index in [0.717, 1.165) is 5.56 Å². The molecule has 0 radical (unpaired) electrons.